The summed E-state index contributed by atoms with van der Waals surface area (Å²) in [7, 11) is 1.56. The Morgan fingerprint density at radius 1 is 1.14 bits per heavy atom. The Kier molecular flexibility index (Phi) is 7.95. The van der Waals surface area contributed by atoms with Gasteiger partial charge in [0.2, 0.25) is 0 Å². The lowest BCUT2D eigenvalue weighted by atomic mass is 9.94. The number of nitro benzene ring substituents is 1. The average molecular weight is 587 g/mol. The van der Waals surface area contributed by atoms with Gasteiger partial charge in [-0.15, -0.1) is 0 Å². The van der Waals surface area contributed by atoms with Crippen LogP contribution in [0.25, 0.3) is 17.4 Å². The molecule has 1 amide bonds. The summed E-state index contributed by atoms with van der Waals surface area (Å²) in [4.78, 5) is 45.7. The first kappa shape index (κ1) is 28.7. The maximum atomic E-state index is 14.0. The van der Waals surface area contributed by atoms with Crippen LogP contribution in [0.3, 0.4) is 0 Å². The zero-order valence-electron chi connectivity index (χ0n) is 23.9. The third kappa shape index (κ3) is 4.96. The van der Waals surface area contributed by atoms with Crippen LogP contribution in [0.5, 0.6) is 5.75 Å². The summed E-state index contributed by atoms with van der Waals surface area (Å²) in [5.74, 6) is 1.23. The van der Waals surface area contributed by atoms with Crippen LogP contribution >= 0.6 is 11.3 Å². The lowest BCUT2D eigenvalue weighted by molar-refractivity contribution is -0.385. The molecule has 1 atom stereocenters. The molecule has 11 heteroatoms. The number of thiazole rings is 1. The summed E-state index contributed by atoms with van der Waals surface area (Å²) in [6.07, 6.45) is 1.63. The van der Waals surface area contributed by atoms with E-state index in [-0.39, 0.29) is 17.2 Å². The largest absolute Gasteiger partial charge is 0.496 e. The first-order chi connectivity index (χ1) is 20.2. The number of likely N-dealkylation sites (N-methyl/N-ethyl adjacent to an activating group) is 1. The molecule has 0 unspecified atom stereocenters. The van der Waals surface area contributed by atoms with Crippen molar-refractivity contribution in [1.82, 2.24) is 9.47 Å². The van der Waals surface area contributed by atoms with Crippen molar-refractivity contribution in [3.63, 3.8) is 0 Å². The van der Waals surface area contributed by atoms with Gasteiger partial charge in [0.05, 0.1) is 27.8 Å². The summed E-state index contributed by atoms with van der Waals surface area (Å²) in [6, 6.07) is 14.9. The average Bonchev–Trinajstić information content (AvgIpc) is 3.56. The molecule has 0 N–H and O–H groups in total. The van der Waals surface area contributed by atoms with Gasteiger partial charge in [-0.1, -0.05) is 41.7 Å². The molecule has 0 spiro atoms. The van der Waals surface area contributed by atoms with E-state index >= 15 is 0 Å². The van der Waals surface area contributed by atoms with E-state index in [1.54, 1.807) is 66.8 Å². The monoisotopic (exact) mass is 586 g/mol. The van der Waals surface area contributed by atoms with E-state index in [0.29, 0.717) is 67.7 Å². The van der Waals surface area contributed by atoms with E-state index in [1.807, 2.05) is 32.0 Å². The molecule has 0 radical (unpaired) electrons. The normalized spacial score (nSPS) is 14.9. The zero-order valence-corrected chi connectivity index (χ0v) is 24.7. The highest BCUT2D eigenvalue weighted by atomic mass is 32.1. The molecule has 42 heavy (non-hydrogen) atoms. The predicted octanol–water partition coefficient (Wildman–Crippen LogP) is 4.59. The SMILES string of the molecule is CCN(CC)C(=O)C1=C(C)N=c2s/c(=C/c3ccc(-c4cccc([N+](=O)[O-])c4C)o3)c(=O)n2[C@H]1c1ccccc1OC. The molecule has 0 saturated carbocycles. The van der Waals surface area contributed by atoms with E-state index in [2.05, 4.69) is 0 Å². The molecule has 2 aromatic carbocycles. The molecule has 0 fully saturated rings. The maximum Gasteiger partial charge on any atom is 0.273 e. The van der Waals surface area contributed by atoms with Gasteiger partial charge in [-0.3, -0.25) is 24.3 Å². The molecule has 3 heterocycles. The second kappa shape index (κ2) is 11.6. The molecule has 216 valence electrons. The number of furan rings is 1. The number of methoxy groups -OCH3 is 1. The first-order valence-electron chi connectivity index (χ1n) is 13.5. The van der Waals surface area contributed by atoms with Crippen molar-refractivity contribution in [2.75, 3.05) is 20.2 Å². The Balaban J connectivity index is 1.66. The number of ether oxygens (including phenoxy) is 1. The molecule has 1 aliphatic heterocycles. The standard InChI is InChI=1S/C31H30N4O6S/c1-6-33(7-2)30(37)27-19(4)32-31-34(28(27)22-11-8-9-14-24(22)40-5)29(36)26(42-31)17-20-15-16-25(41-20)21-12-10-13-23(18(21)3)35(38)39/h8-17,28H,6-7H2,1-5H3/b26-17+/t28-/m0/s1. The summed E-state index contributed by atoms with van der Waals surface area (Å²) >= 11 is 1.20. The fraction of sp³-hybridized carbons (Fsp3) is 0.258. The van der Waals surface area contributed by atoms with Gasteiger partial charge in [-0.2, -0.15) is 0 Å². The molecule has 0 saturated heterocycles. The number of para-hydroxylation sites is 1. The lowest BCUT2D eigenvalue weighted by Gasteiger charge is -2.29. The minimum atomic E-state index is -0.743. The van der Waals surface area contributed by atoms with Crippen LogP contribution < -0.4 is 19.6 Å². The van der Waals surface area contributed by atoms with E-state index < -0.39 is 11.0 Å². The summed E-state index contributed by atoms with van der Waals surface area (Å²) in [6.45, 7) is 8.32. The second-order valence-corrected chi connectivity index (χ2v) is 10.7. The molecule has 0 bridgehead atoms. The van der Waals surface area contributed by atoms with Crippen LogP contribution in [0.2, 0.25) is 0 Å². The van der Waals surface area contributed by atoms with Gasteiger partial charge in [-0.25, -0.2) is 4.99 Å². The highest BCUT2D eigenvalue weighted by Crippen LogP contribution is 2.36. The fourth-order valence-electron chi connectivity index (χ4n) is 5.26. The second-order valence-electron chi connectivity index (χ2n) is 9.71. The van der Waals surface area contributed by atoms with Crippen molar-refractivity contribution in [2.24, 2.45) is 4.99 Å². The van der Waals surface area contributed by atoms with Crippen molar-refractivity contribution in [3.8, 4) is 17.1 Å². The number of hydrogen-bond donors (Lipinski definition) is 0. The van der Waals surface area contributed by atoms with Crippen LogP contribution in [-0.4, -0.2) is 40.5 Å². The Morgan fingerprint density at radius 2 is 1.88 bits per heavy atom. The van der Waals surface area contributed by atoms with E-state index in [9.17, 15) is 19.7 Å². The first-order valence-corrected chi connectivity index (χ1v) is 14.3. The van der Waals surface area contributed by atoms with E-state index in [4.69, 9.17) is 14.1 Å². The predicted molar refractivity (Wildman–Crippen MR) is 160 cm³/mol. The van der Waals surface area contributed by atoms with Crippen molar-refractivity contribution in [1.29, 1.82) is 0 Å². The number of benzene rings is 2. The zero-order chi connectivity index (χ0) is 30.1. The number of allylic oxidation sites excluding steroid dienone is 1. The van der Waals surface area contributed by atoms with Crippen LogP contribution in [-0.2, 0) is 4.79 Å². The number of carbonyl (C=O) groups is 1. The highest BCUT2D eigenvalue weighted by Gasteiger charge is 2.35. The number of carbonyl (C=O) groups excluding carboxylic acids is 1. The molecular formula is C31H30N4O6S. The molecule has 4 aromatic rings. The third-order valence-electron chi connectivity index (χ3n) is 7.40. The Morgan fingerprint density at radius 3 is 2.57 bits per heavy atom. The minimum absolute atomic E-state index is 0.000493. The van der Waals surface area contributed by atoms with Crippen LogP contribution in [0, 0.1) is 17.0 Å². The molecular weight excluding hydrogens is 556 g/mol. The van der Waals surface area contributed by atoms with Crippen molar-refractivity contribution in [3.05, 3.63) is 113 Å². The van der Waals surface area contributed by atoms with Gasteiger partial charge in [0, 0.05) is 41.9 Å². The summed E-state index contributed by atoms with van der Waals surface area (Å²) < 4.78 is 13.6. The lowest BCUT2D eigenvalue weighted by Crippen LogP contribution is -2.43. The molecule has 1 aliphatic rings. The number of hydrogen-bond acceptors (Lipinski definition) is 8. The highest BCUT2D eigenvalue weighted by molar-refractivity contribution is 7.07. The van der Waals surface area contributed by atoms with E-state index in [1.165, 1.54) is 17.4 Å². The van der Waals surface area contributed by atoms with Gasteiger partial charge >= 0.3 is 0 Å². The van der Waals surface area contributed by atoms with Gasteiger partial charge in [-0.05, 0) is 45.9 Å². The Labute approximate surface area is 245 Å². The number of amides is 1. The van der Waals surface area contributed by atoms with Gasteiger partial charge in [0.15, 0.2) is 4.80 Å². The minimum Gasteiger partial charge on any atom is -0.496 e. The number of fused-ring (bicyclic) bond motifs is 1. The maximum absolute atomic E-state index is 14.0. The number of aromatic nitrogens is 1. The molecule has 10 nitrogen and oxygen atoms in total. The number of nitro groups is 1. The van der Waals surface area contributed by atoms with Gasteiger partial charge in [0.1, 0.15) is 23.3 Å². The van der Waals surface area contributed by atoms with Crippen molar-refractivity contribution < 1.29 is 18.9 Å². The van der Waals surface area contributed by atoms with Gasteiger partial charge in [0.25, 0.3) is 17.2 Å². The third-order valence-corrected chi connectivity index (χ3v) is 8.39. The summed E-state index contributed by atoms with van der Waals surface area (Å²) in [5, 5.41) is 11.4. The molecule has 0 aliphatic carbocycles. The Hall–Kier alpha value is -4.77. The smallest absolute Gasteiger partial charge is 0.273 e. The number of nitrogens with zero attached hydrogens (tertiary/aromatic N) is 4. The fourth-order valence-corrected chi connectivity index (χ4v) is 6.28. The van der Waals surface area contributed by atoms with Gasteiger partial charge < -0.3 is 14.1 Å². The van der Waals surface area contributed by atoms with Crippen LogP contribution in [0.15, 0.2) is 80.1 Å². The van der Waals surface area contributed by atoms with Crippen molar-refractivity contribution in [2.45, 2.75) is 33.7 Å². The van der Waals surface area contributed by atoms with Crippen LogP contribution in [0.1, 0.15) is 43.7 Å². The van der Waals surface area contributed by atoms with E-state index in [0.717, 1.165) is 0 Å². The van der Waals surface area contributed by atoms with Crippen molar-refractivity contribution >= 4 is 29.0 Å². The van der Waals surface area contributed by atoms with Crippen LogP contribution in [0.4, 0.5) is 5.69 Å². The number of rotatable bonds is 8. The molecule has 5 rings (SSSR count). The summed E-state index contributed by atoms with van der Waals surface area (Å²) in [5.41, 5.74) is 2.40. The molecule has 2 aromatic heterocycles. The quantitative estimate of drug-likeness (QED) is 0.220. The topological polar surface area (TPSA) is 120 Å². The Bertz CT molecular complexity index is 1910.